The monoisotopic (exact) mass is 326 g/mol. The van der Waals surface area contributed by atoms with E-state index in [2.05, 4.69) is 0 Å². The summed E-state index contributed by atoms with van der Waals surface area (Å²) in [5.41, 5.74) is 0. The summed E-state index contributed by atoms with van der Waals surface area (Å²) >= 11 is 32.4. The van der Waals surface area contributed by atoms with Gasteiger partial charge in [-0.2, -0.15) is 0 Å². The number of alkyl halides is 6. The maximum Gasteiger partial charge on any atom is 0.303 e. The second kappa shape index (κ2) is 4.84. The van der Waals surface area contributed by atoms with Crippen LogP contribution in [0.2, 0.25) is 0 Å². The fraction of sp³-hybridized carbons (Fsp3) is 1.00. The van der Waals surface area contributed by atoms with E-state index < -0.39 is 14.4 Å². The van der Waals surface area contributed by atoms with Crippen LogP contribution in [0.25, 0.3) is 0 Å². The molecule has 0 saturated heterocycles. The molecule has 0 rings (SSSR count). The molecule has 2 nitrogen and oxygen atoms in total. The molecule has 0 aromatic rings. The van der Waals surface area contributed by atoms with Crippen molar-refractivity contribution in [1.29, 1.82) is 0 Å². The number of rotatable bonds is 2. The maximum atomic E-state index is 11.8. The average molecular weight is 329 g/mol. The second-order valence-corrected chi connectivity index (χ2v) is 10.8. The maximum absolute atomic E-state index is 11.8. The Morgan fingerprint density at radius 2 is 1.38 bits per heavy atom. The smallest absolute Gasteiger partial charge is 0.303 e. The summed E-state index contributed by atoms with van der Waals surface area (Å²) in [5.74, 6) is 0. The molecule has 0 saturated carbocycles. The minimum absolute atomic E-state index is 0.0130. The van der Waals surface area contributed by atoms with E-state index in [4.69, 9.17) is 74.1 Å². The number of halogens is 6. The van der Waals surface area contributed by atoms with Crippen LogP contribution in [0.4, 0.5) is 0 Å². The van der Waals surface area contributed by atoms with Crippen LogP contribution in [0.1, 0.15) is 6.92 Å². The zero-order valence-electron chi connectivity index (χ0n) is 6.24. The molecule has 0 heterocycles. The van der Waals surface area contributed by atoms with E-state index in [1.165, 1.54) is 0 Å². The third kappa shape index (κ3) is 3.46. The molecule has 0 unspecified atom stereocenters. The quantitative estimate of drug-likeness (QED) is 0.529. The molecule has 13 heavy (non-hydrogen) atoms. The first-order valence-corrected chi connectivity index (χ1v) is 6.83. The van der Waals surface area contributed by atoms with E-state index in [0.717, 1.165) is 0 Å². The Morgan fingerprint density at radius 3 is 1.46 bits per heavy atom. The predicted molar refractivity (Wildman–Crippen MR) is 59.8 cm³/mol. The van der Waals surface area contributed by atoms with Crippen molar-refractivity contribution >= 4 is 77.0 Å². The summed E-state index contributed by atoms with van der Waals surface area (Å²) in [6.45, 7) is 1.55. The van der Waals surface area contributed by atoms with Crippen LogP contribution >= 0.6 is 77.0 Å². The third-order valence-electron chi connectivity index (χ3n) is 0.978. The van der Waals surface area contributed by atoms with Gasteiger partial charge < -0.3 is 4.52 Å². The highest BCUT2D eigenvalue weighted by atomic mass is 35.6. The molecule has 0 atom stereocenters. The van der Waals surface area contributed by atoms with E-state index in [1.807, 2.05) is 0 Å². The minimum Gasteiger partial charge on any atom is -0.323 e. The van der Waals surface area contributed by atoms with Gasteiger partial charge in [-0.1, -0.05) is 69.6 Å². The van der Waals surface area contributed by atoms with Crippen LogP contribution in [-0.2, 0) is 9.09 Å². The lowest BCUT2D eigenvalue weighted by molar-refractivity contribution is 0.332. The Kier molecular flexibility index (Phi) is 5.56. The van der Waals surface area contributed by atoms with Gasteiger partial charge in [-0.3, -0.25) is 4.57 Å². The molecule has 80 valence electrons. The molecule has 0 amide bonds. The molecule has 9 heteroatoms. The molecule has 0 bridgehead atoms. The van der Waals surface area contributed by atoms with Crippen LogP contribution in [0, 0.1) is 0 Å². The first-order valence-electron chi connectivity index (χ1n) is 2.94. The van der Waals surface area contributed by atoms with Crippen LogP contribution < -0.4 is 0 Å². The molecule has 0 aromatic heterocycles. The zero-order chi connectivity index (χ0) is 10.9. The van der Waals surface area contributed by atoms with Crippen molar-refractivity contribution in [2.75, 3.05) is 6.61 Å². The standard InChI is InChI=1S/C4H5Cl6O2P/c1-2-12-13(11,3(5,6)7)4(8,9)10/h2H2,1H3. The Hall–Kier alpha value is 1.93. The van der Waals surface area contributed by atoms with Crippen LogP contribution in [0.5, 0.6) is 0 Å². The van der Waals surface area contributed by atoms with Gasteiger partial charge in [0.15, 0.2) is 0 Å². The summed E-state index contributed by atoms with van der Waals surface area (Å²) in [6.07, 6.45) is 0. The van der Waals surface area contributed by atoms with Gasteiger partial charge in [0.1, 0.15) is 0 Å². The van der Waals surface area contributed by atoms with Gasteiger partial charge in [0.2, 0.25) is 0 Å². The zero-order valence-corrected chi connectivity index (χ0v) is 11.7. The fourth-order valence-electron chi connectivity index (χ4n) is 0.472. The van der Waals surface area contributed by atoms with Gasteiger partial charge in [-0.05, 0) is 6.92 Å². The molecule has 0 fully saturated rings. The molecule has 0 aliphatic carbocycles. The minimum atomic E-state index is -3.99. The SMILES string of the molecule is CCOP(=O)(C(Cl)(Cl)Cl)C(Cl)(Cl)Cl. The third-order valence-corrected chi connectivity index (χ3v) is 6.94. The van der Waals surface area contributed by atoms with E-state index >= 15 is 0 Å². The first-order chi connectivity index (χ1) is 5.56. The lowest BCUT2D eigenvalue weighted by Gasteiger charge is -2.29. The van der Waals surface area contributed by atoms with Gasteiger partial charge in [0.05, 0.1) is 6.61 Å². The van der Waals surface area contributed by atoms with Crippen LogP contribution in [-0.4, -0.2) is 13.7 Å². The fourth-order valence-corrected chi connectivity index (χ4v) is 5.74. The summed E-state index contributed by atoms with van der Waals surface area (Å²) in [4.78, 5) is 0. The number of hydrogen-bond donors (Lipinski definition) is 0. The normalized spacial score (nSPS) is 14.7. The average Bonchev–Trinajstić information content (AvgIpc) is 1.82. The van der Waals surface area contributed by atoms with Gasteiger partial charge in [-0.15, -0.1) is 0 Å². The van der Waals surface area contributed by atoms with Crippen molar-refractivity contribution < 1.29 is 9.09 Å². The molecule has 0 aliphatic rings. The molecule has 0 N–H and O–H groups in total. The van der Waals surface area contributed by atoms with Crippen molar-refractivity contribution in [3.8, 4) is 0 Å². The van der Waals surface area contributed by atoms with Gasteiger partial charge >= 0.3 is 7.37 Å². The molecular formula is C4H5Cl6O2P. The van der Waals surface area contributed by atoms with Crippen LogP contribution in [0.3, 0.4) is 0 Å². The van der Waals surface area contributed by atoms with Crippen molar-refractivity contribution in [3.05, 3.63) is 0 Å². The molecular weight excluding hydrogens is 324 g/mol. The largest absolute Gasteiger partial charge is 0.323 e. The Labute approximate surface area is 106 Å². The first kappa shape index (κ1) is 14.9. The molecule has 0 spiro atoms. The predicted octanol–water partition coefficient (Wildman–Crippen LogP) is 4.96. The van der Waals surface area contributed by atoms with Gasteiger partial charge in [0, 0.05) is 0 Å². The summed E-state index contributed by atoms with van der Waals surface area (Å²) in [7, 11) is -3.99. The van der Waals surface area contributed by atoms with Gasteiger partial charge in [0.25, 0.3) is 7.07 Å². The highest BCUT2D eigenvalue weighted by Gasteiger charge is 2.59. The van der Waals surface area contributed by atoms with Crippen molar-refractivity contribution in [2.45, 2.75) is 14.0 Å². The van der Waals surface area contributed by atoms with Gasteiger partial charge in [-0.25, -0.2) is 0 Å². The second-order valence-electron chi connectivity index (χ2n) is 1.90. The number of hydrogen-bond acceptors (Lipinski definition) is 2. The Morgan fingerprint density at radius 1 is 1.08 bits per heavy atom. The Bertz CT molecular complexity index is 200. The molecule has 0 aliphatic heterocycles. The Balaban J connectivity index is 5.10. The summed E-state index contributed by atoms with van der Waals surface area (Å²) in [5, 5.41) is 0. The van der Waals surface area contributed by atoms with Crippen molar-refractivity contribution in [1.82, 2.24) is 0 Å². The van der Waals surface area contributed by atoms with Crippen LogP contribution in [0.15, 0.2) is 0 Å². The molecule has 0 aromatic carbocycles. The van der Waals surface area contributed by atoms with E-state index in [-0.39, 0.29) is 6.61 Å². The van der Waals surface area contributed by atoms with Crippen molar-refractivity contribution in [3.63, 3.8) is 0 Å². The summed E-state index contributed by atoms with van der Waals surface area (Å²) < 4.78 is 12.1. The lowest BCUT2D eigenvalue weighted by Crippen LogP contribution is -2.19. The van der Waals surface area contributed by atoms with E-state index in [0.29, 0.717) is 0 Å². The molecule has 0 radical (unpaired) electrons. The lowest BCUT2D eigenvalue weighted by atomic mass is 10.9. The topological polar surface area (TPSA) is 26.3 Å². The van der Waals surface area contributed by atoms with Crippen molar-refractivity contribution in [2.24, 2.45) is 0 Å². The summed E-state index contributed by atoms with van der Waals surface area (Å²) in [6, 6.07) is 0. The van der Waals surface area contributed by atoms with E-state index in [1.54, 1.807) is 6.92 Å². The highest BCUT2D eigenvalue weighted by Crippen LogP contribution is 2.77. The van der Waals surface area contributed by atoms with E-state index in [9.17, 15) is 4.57 Å². The highest BCUT2D eigenvalue weighted by molar-refractivity contribution is 7.74.